The number of esters is 2. The maximum atomic E-state index is 13.4. The van der Waals surface area contributed by atoms with Gasteiger partial charge in [0.25, 0.3) is 0 Å². The van der Waals surface area contributed by atoms with E-state index in [2.05, 4.69) is 5.32 Å². The largest absolute Gasteiger partial charge is 0.468 e. The van der Waals surface area contributed by atoms with E-state index in [1.54, 1.807) is 6.92 Å². The van der Waals surface area contributed by atoms with E-state index < -0.39 is 18.1 Å². The molecule has 0 aliphatic carbocycles. The summed E-state index contributed by atoms with van der Waals surface area (Å²) in [5, 5.41) is 3.22. The lowest BCUT2D eigenvalue weighted by Gasteiger charge is -2.27. The number of thioether (sulfide) groups is 1. The highest BCUT2D eigenvalue weighted by Crippen LogP contribution is 2.34. The molecule has 0 saturated carbocycles. The fourth-order valence-corrected chi connectivity index (χ4v) is 4.63. The fourth-order valence-electron chi connectivity index (χ4n) is 3.54. The van der Waals surface area contributed by atoms with E-state index in [0.29, 0.717) is 24.3 Å². The molecule has 2 atom stereocenters. The molecular weight excluding hydrogens is 428 g/mol. The molecule has 2 aromatic carbocycles. The Morgan fingerprint density at radius 2 is 1.88 bits per heavy atom. The summed E-state index contributed by atoms with van der Waals surface area (Å²) in [6, 6.07) is 16.0. The number of aryl methyl sites for hydroxylation is 1. The second-order valence-corrected chi connectivity index (χ2v) is 8.39. The molecular formula is C24H28N2O5S. The van der Waals surface area contributed by atoms with Crippen LogP contribution >= 0.6 is 11.8 Å². The number of fused-ring (bicyclic) bond motifs is 1. The van der Waals surface area contributed by atoms with Crippen LogP contribution in [0.4, 0.5) is 5.69 Å². The van der Waals surface area contributed by atoms with Crippen LogP contribution in [-0.4, -0.2) is 55.9 Å². The molecule has 7 nitrogen and oxygen atoms in total. The van der Waals surface area contributed by atoms with Gasteiger partial charge in [-0.15, -0.1) is 11.8 Å². The average Bonchev–Trinajstić information content (AvgIpc) is 2.94. The number of amides is 1. The Morgan fingerprint density at radius 3 is 2.59 bits per heavy atom. The molecule has 0 bridgehead atoms. The van der Waals surface area contributed by atoms with E-state index in [-0.39, 0.29) is 25.0 Å². The SMILES string of the molecule is CCOC(=O)[C@H](CCc1ccccc1)N[C@H]1CSc2ccccc2N(CC(=O)OC)C1=O. The van der Waals surface area contributed by atoms with E-state index >= 15 is 0 Å². The summed E-state index contributed by atoms with van der Waals surface area (Å²) < 4.78 is 10.1. The van der Waals surface area contributed by atoms with Crippen LogP contribution in [0.15, 0.2) is 59.5 Å². The maximum Gasteiger partial charge on any atom is 0.325 e. The van der Waals surface area contributed by atoms with Crippen molar-refractivity contribution < 1.29 is 23.9 Å². The summed E-state index contributed by atoms with van der Waals surface area (Å²) in [6.07, 6.45) is 1.15. The molecule has 8 heteroatoms. The second-order valence-electron chi connectivity index (χ2n) is 7.33. The summed E-state index contributed by atoms with van der Waals surface area (Å²) in [6.45, 7) is 1.82. The minimum absolute atomic E-state index is 0.195. The number of nitrogens with zero attached hydrogens (tertiary/aromatic N) is 1. The molecule has 0 fully saturated rings. The van der Waals surface area contributed by atoms with E-state index in [9.17, 15) is 14.4 Å². The van der Waals surface area contributed by atoms with Gasteiger partial charge in [-0.1, -0.05) is 42.5 Å². The first-order valence-corrected chi connectivity index (χ1v) is 11.6. The number of ether oxygens (including phenoxy) is 2. The predicted molar refractivity (Wildman–Crippen MR) is 124 cm³/mol. The van der Waals surface area contributed by atoms with Crippen molar-refractivity contribution in [2.75, 3.05) is 30.9 Å². The summed E-state index contributed by atoms with van der Waals surface area (Å²) in [7, 11) is 1.29. The number of benzene rings is 2. The number of para-hydroxylation sites is 1. The number of anilines is 1. The van der Waals surface area contributed by atoms with Crippen molar-refractivity contribution in [2.45, 2.75) is 36.7 Å². The van der Waals surface area contributed by atoms with Crippen molar-refractivity contribution in [2.24, 2.45) is 0 Å². The van der Waals surface area contributed by atoms with Gasteiger partial charge in [0.2, 0.25) is 5.91 Å². The van der Waals surface area contributed by atoms with Gasteiger partial charge in [-0.2, -0.15) is 0 Å². The standard InChI is InChI=1S/C24H28N2O5S/c1-3-31-24(29)18(14-13-17-9-5-4-6-10-17)25-19-16-32-21-12-8-7-11-20(21)26(23(19)28)15-22(27)30-2/h4-12,18-19,25H,3,13-16H2,1-2H3/t18-,19-/m0/s1. The molecule has 1 heterocycles. The van der Waals surface area contributed by atoms with E-state index in [1.807, 2.05) is 54.6 Å². The molecule has 0 saturated heterocycles. The summed E-state index contributed by atoms with van der Waals surface area (Å²) in [4.78, 5) is 40.4. The molecule has 1 aliphatic heterocycles. The number of nitrogens with one attached hydrogen (secondary N) is 1. The predicted octanol–water partition coefficient (Wildman–Crippen LogP) is 2.82. The van der Waals surface area contributed by atoms with Crippen LogP contribution in [-0.2, 0) is 30.3 Å². The average molecular weight is 457 g/mol. The zero-order valence-corrected chi connectivity index (χ0v) is 19.1. The molecule has 1 N–H and O–H groups in total. The third-order valence-electron chi connectivity index (χ3n) is 5.18. The van der Waals surface area contributed by atoms with Gasteiger partial charge in [-0.25, -0.2) is 0 Å². The first-order valence-electron chi connectivity index (χ1n) is 10.6. The van der Waals surface area contributed by atoms with Crippen LogP contribution in [0.3, 0.4) is 0 Å². The molecule has 1 amide bonds. The van der Waals surface area contributed by atoms with Gasteiger partial charge in [-0.05, 0) is 37.5 Å². The highest BCUT2D eigenvalue weighted by Gasteiger charge is 2.35. The Labute approximate surface area is 192 Å². The Bertz CT molecular complexity index is 937. The third-order valence-corrected chi connectivity index (χ3v) is 6.33. The lowest BCUT2D eigenvalue weighted by Crippen LogP contribution is -2.54. The molecule has 3 rings (SSSR count). The van der Waals surface area contributed by atoms with Crippen LogP contribution in [0.5, 0.6) is 0 Å². The number of carbonyl (C=O) groups excluding carboxylic acids is 3. The van der Waals surface area contributed by atoms with Gasteiger partial charge in [0, 0.05) is 10.6 Å². The number of carbonyl (C=O) groups is 3. The number of hydrogen-bond acceptors (Lipinski definition) is 7. The highest BCUT2D eigenvalue weighted by molar-refractivity contribution is 7.99. The Hall–Kier alpha value is -2.84. The van der Waals surface area contributed by atoms with Gasteiger partial charge < -0.3 is 9.47 Å². The van der Waals surface area contributed by atoms with Crippen molar-refractivity contribution in [1.82, 2.24) is 5.32 Å². The van der Waals surface area contributed by atoms with Gasteiger partial charge >= 0.3 is 11.9 Å². The van der Waals surface area contributed by atoms with Crippen LogP contribution in [0, 0.1) is 0 Å². The smallest absolute Gasteiger partial charge is 0.325 e. The van der Waals surface area contributed by atoms with E-state index in [4.69, 9.17) is 9.47 Å². The molecule has 170 valence electrons. The Kier molecular flexibility index (Phi) is 8.70. The number of methoxy groups -OCH3 is 1. The van der Waals surface area contributed by atoms with Crippen LogP contribution in [0.1, 0.15) is 18.9 Å². The van der Waals surface area contributed by atoms with Crippen LogP contribution < -0.4 is 10.2 Å². The quantitative estimate of drug-likeness (QED) is 0.581. The topological polar surface area (TPSA) is 84.9 Å². The highest BCUT2D eigenvalue weighted by atomic mass is 32.2. The van der Waals surface area contributed by atoms with Crippen molar-refractivity contribution in [1.29, 1.82) is 0 Å². The zero-order chi connectivity index (χ0) is 22.9. The number of rotatable bonds is 9. The molecule has 1 aliphatic rings. The minimum atomic E-state index is -0.665. The zero-order valence-electron chi connectivity index (χ0n) is 18.3. The van der Waals surface area contributed by atoms with Gasteiger partial charge in [0.15, 0.2) is 0 Å². The number of hydrogen-bond donors (Lipinski definition) is 1. The lowest BCUT2D eigenvalue weighted by molar-refractivity contribution is -0.146. The van der Waals surface area contributed by atoms with Crippen molar-refractivity contribution >= 4 is 35.3 Å². The first-order chi connectivity index (χ1) is 15.5. The third kappa shape index (κ3) is 6.11. The van der Waals surface area contributed by atoms with E-state index in [0.717, 1.165) is 10.5 Å². The summed E-state index contributed by atoms with van der Waals surface area (Å²) >= 11 is 1.51. The fraction of sp³-hybridized carbons (Fsp3) is 0.375. The van der Waals surface area contributed by atoms with Gasteiger partial charge in [-0.3, -0.25) is 24.6 Å². The summed E-state index contributed by atoms with van der Waals surface area (Å²) in [5.41, 5.74) is 1.76. The second kappa shape index (κ2) is 11.7. The molecule has 0 aromatic heterocycles. The van der Waals surface area contributed by atoms with Crippen molar-refractivity contribution in [3.8, 4) is 0 Å². The van der Waals surface area contributed by atoms with Crippen LogP contribution in [0.25, 0.3) is 0 Å². The van der Waals surface area contributed by atoms with Crippen molar-refractivity contribution in [3.63, 3.8) is 0 Å². The molecule has 2 aromatic rings. The van der Waals surface area contributed by atoms with E-state index in [1.165, 1.54) is 23.8 Å². The lowest BCUT2D eigenvalue weighted by atomic mass is 10.0. The van der Waals surface area contributed by atoms with Crippen molar-refractivity contribution in [3.05, 3.63) is 60.2 Å². The molecule has 0 spiro atoms. The normalized spacial score (nSPS) is 16.6. The Balaban J connectivity index is 1.80. The molecule has 0 unspecified atom stereocenters. The summed E-state index contributed by atoms with van der Waals surface area (Å²) in [5.74, 6) is -0.747. The minimum Gasteiger partial charge on any atom is -0.468 e. The monoisotopic (exact) mass is 456 g/mol. The first kappa shape index (κ1) is 23.8. The maximum absolute atomic E-state index is 13.4. The Morgan fingerprint density at radius 1 is 1.16 bits per heavy atom. The van der Waals surface area contributed by atoms with Gasteiger partial charge in [0.1, 0.15) is 12.6 Å². The van der Waals surface area contributed by atoms with Gasteiger partial charge in [0.05, 0.1) is 25.4 Å². The molecule has 32 heavy (non-hydrogen) atoms. The molecule has 0 radical (unpaired) electrons. The van der Waals surface area contributed by atoms with Crippen LogP contribution in [0.2, 0.25) is 0 Å².